The molecule has 1 aromatic carbocycles. The number of fused-ring (bicyclic) bond motifs is 1. The van der Waals surface area contributed by atoms with Crippen molar-refractivity contribution in [2.75, 3.05) is 6.61 Å². The van der Waals surface area contributed by atoms with Gasteiger partial charge in [0.1, 0.15) is 6.61 Å². The van der Waals surface area contributed by atoms with E-state index in [9.17, 15) is 9.59 Å². The van der Waals surface area contributed by atoms with Crippen molar-refractivity contribution in [2.24, 2.45) is 4.99 Å². The number of aryl methyl sites for hydroxylation is 1. The number of thioether (sulfide) groups is 1. The molecule has 0 bridgehead atoms. The molecule has 26 heavy (non-hydrogen) atoms. The SMILES string of the molecule is C=CCOC(=O)C1=C(C)N=C2SC(C)C(=O)N2C1c1ccc(CC)cc1. The summed E-state index contributed by atoms with van der Waals surface area (Å²) < 4.78 is 5.28. The second kappa shape index (κ2) is 7.50. The van der Waals surface area contributed by atoms with Crippen LogP contribution in [0, 0.1) is 0 Å². The Balaban J connectivity index is 2.09. The molecule has 0 aliphatic carbocycles. The molecular weight excluding hydrogens is 348 g/mol. The number of carbonyl (C=O) groups excluding carboxylic acids is 2. The van der Waals surface area contributed by atoms with Gasteiger partial charge in [0.25, 0.3) is 0 Å². The Bertz CT molecular complexity index is 811. The molecule has 0 aromatic heterocycles. The topological polar surface area (TPSA) is 59.0 Å². The number of hydrogen-bond acceptors (Lipinski definition) is 5. The summed E-state index contributed by atoms with van der Waals surface area (Å²) in [5.74, 6) is -0.507. The molecule has 136 valence electrons. The Morgan fingerprint density at radius 2 is 2.08 bits per heavy atom. The average molecular weight is 370 g/mol. The van der Waals surface area contributed by atoms with E-state index in [1.54, 1.807) is 11.8 Å². The molecule has 2 heterocycles. The quantitative estimate of drug-likeness (QED) is 0.587. The number of ether oxygens (including phenoxy) is 1. The Kier molecular flexibility index (Phi) is 5.32. The Morgan fingerprint density at radius 1 is 1.38 bits per heavy atom. The highest BCUT2D eigenvalue weighted by molar-refractivity contribution is 8.15. The number of carbonyl (C=O) groups is 2. The van der Waals surface area contributed by atoms with Gasteiger partial charge in [0, 0.05) is 0 Å². The van der Waals surface area contributed by atoms with Crippen LogP contribution < -0.4 is 0 Å². The van der Waals surface area contributed by atoms with Crippen LogP contribution in [0.15, 0.2) is 53.2 Å². The summed E-state index contributed by atoms with van der Waals surface area (Å²) in [6, 6.07) is 7.48. The number of benzene rings is 1. The number of amides is 1. The number of esters is 1. The fourth-order valence-corrected chi connectivity index (χ4v) is 4.16. The molecule has 1 fully saturated rings. The van der Waals surface area contributed by atoms with Crippen LogP contribution in [0.25, 0.3) is 0 Å². The molecular formula is C20H22N2O3S. The van der Waals surface area contributed by atoms with Crippen LogP contribution in [0.4, 0.5) is 0 Å². The Hall–Kier alpha value is -2.34. The molecule has 1 amide bonds. The van der Waals surface area contributed by atoms with Crippen molar-refractivity contribution in [3.63, 3.8) is 0 Å². The first kappa shape index (κ1) is 18.5. The first-order valence-corrected chi connectivity index (χ1v) is 9.52. The first-order chi connectivity index (χ1) is 12.5. The van der Waals surface area contributed by atoms with E-state index in [-0.39, 0.29) is 17.8 Å². The molecule has 1 aromatic rings. The lowest BCUT2D eigenvalue weighted by Gasteiger charge is -2.33. The van der Waals surface area contributed by atoms with Gasteiger partial charge in [-0.25, -0.2) is 9.79 Å². The molecule has 1 saturated heterocycles. The summed E-state index contributed by atoms with van der Waals surface area (Å²) in [6.45, 7) is 9.43. The number of hydrogen-bond donors (Lipinski definition) is 0. The fraction of sp³-hybridized carbons (Fsp3) is 0.350. The van der Waals surface area contributed by atoms with E-state index in [1.165, 1.54) is 23.4 Å². The van der Waals surface area contributed by atoms with Crippen molar-refractivity contribution in [3.05, 3.63) is 59.3 Å². The zero-order valence-electron chi connectivity index (χ0n) is 15.2. The molecule has 6 heteroatoms. The summed E-state index contributed by atoms with van der Waals surface area (Å²) in [5.41, 5.74) is 3.07. The molecule has 3 rings (SSSR count). The van der Waals surface area contributed by atoms with E-state index in [0.717, 1.165) is 12.0 Å². The maximum Gasteiger partial charge on any atom is 0.338 e. The van der Waals surface area contributed by atoms with Crippen molar-refractivity contribution in [2.45, 2.75) is 38.5 Å². The van der Waals surface area contributed by atoms with Gasteiger partial charge < -0.3 is 4.74 Å². The molecule has 5 nitrogen and oxygen atoms in total. The summed E-state index contributed by atoms with van der Waals surface area (Å²) in [4.78, 5) is 31.6. The number of nitrogens with zero attached hydrogens (tertiary/aromatic N) is 2. The zero-order valence-corrected chi connectivity index (χ0v) is 16.0. The van der Waals surface area contributed by atoms with E-state index < -0.39 is 12.0 Å². The van der Waals surface area contributed by atoms with E-state index in [2.05, 4.69) is 18.5 Å². The number of amidine groups is 1. The second-order valence-corrected chi connectivity index (χ2v) is 7.55. The van der Waals surface area contributed by atoms with Crippen LogP contribution in [-0.2, 0) is 20.7 Å². The van der Waals surface area contributed by atoms with Gasteiger partial charge in [-0.3, -0.25) is 9.69 Å². The van der Waals surface area contributed by atoms with Gasteiger partial charge in [0.15, 0.2) is 5.17 Å². The molecule has 0 N–H and O–H groups in total. The summed E-state index contributed by atoms with van der Waals surface area (Å²) in [5, 5.41) is 0.423. The lowest BCUT2D eigenvalue weighted by molar-refractivity contribution is -0.139. The van der Waals surface area contributed by atoms with Gasteiger partial charge in [0.2, 0.25) is 5.91 Å². The Morgan fingerprint density at radius 3 is 2.69 bits per heavy atom. The second-order valence-electron chi connectivity index (χ2n) is 6.25. The van der Waals surface area contributed by atoms with Crippen LogP contribution in [0.2, 0.25) is 0 Å². The molecule has 2 atom stereocenters. The maximum absolute atomic E-state index is 12.8. The van der Waals surface area contributed by atoms with Crippen LogP contribution in [0.3, 0.4) is 0 Å². The fourth-order valence-electron chi connectivity index (χ4n) is 3.13. The minimum absolute atomic E-state index is 0.0418. The van der Waals surface area contributed by atoms with E-state index in [0.29, 0.717) is 16.4 Å². The zero-order chi connectivity index (χ0) is 18.8. The summed E-state index contributed by atoms with van der Waals surface area (Å²) in [7, 11) is 0. The monoisotopic (exact) mass is 370 g/mol. The molecule has 2 unspecified atom stereocenters. The van der Waals surface area contributed by atoms with Crippen molar-refractivity contribution in [1.82, 2.24) is 4.90 Å². The van der Waals surface area contributed by atoms with Gasteiger partial charge in [-0.15, -0.1) is 0 Å². The van der Waals surface area contributed by atoms with Crippen molar-refractivity contribution < 1.29 is 14.3 Å². The van der Waals surface area contributed by atoms with Crippen LogP contribution in [0.1, 0.15) is 37.9 Å². The molecule has 2 aliphatic heterocycles. The molecule has 0 spiro atoms. The standard InChI is InChI=1S/C20H22N2O3S/c1-5-11-25-19(24)16-12(3)21-20-22(18(23)13(4)26-20)17(16)15-9-7-14(6-2)8-10-15/h5,7-10,13,17H,1,6,11H2,2-4H3. The van der Waals surface area contributed by atoms with Gasteiger partial charge in [-0.05, 0) is 31.4 Å². The highest BCUT2D eigenvalue weighted by Gasteiger charge is 2.46. The minimum Gasteiger partial charge on any atom is -0.458 e. The lowest BCUT2D eigenvalue weighted by atomic mass is 9.93. The Labute approximate surface area is 157 Å². The molecule has 0 radical (unpaired) electrons. The predicted octanol–water partition coefficient (Wildman–Crippen LogP) is 3.63. The third-order valence-corrected chi connectivity index (χ3v) is 5.57. The van der Waals surface area contributed by atoms with E-state index in [4.69, 9.17) is 4.74 Å². The summed E-state index contributed by atoms with van der Waals surface area (Å²) >= 11 is 1.42. The van der Waals surface area contributed by atoms with Crippen LogP contribution in [-0.4, -0.2) is 33.8 Å². The first-order valence-electron chi connectivity index (χ1n) is 8.64. The average Bonchev–Trinajstić information content (AvgIpc) is 2.92. The minimum atomic E-state index is -0.518. The smallest absolute Gasteiger partial charge is 0.338 e. The third kappa shape index (κ3) is 3.21. The van der Waals surface area contributed by atoms with Gasteiger partial charge in [0.05, 0.1) is 22.6 Å². The van der Waals surface area contributed by atoms with E-state index >= 15 is 0 Å². The summed E-state index contributed by atoms with van der Waals surface area (Å²) in [6.07, 6.45) is 2.45. The highest BCUT2D eigenvalue weighted by Crippen LogP contribution is 2.43. The van der Waals surface area contributed by atoms with Gasteiger partial charge in [-0.2, -0.15) is 0 Å². The van der Waals surface area contributed by atoms with Gasteiger partial charge >= 0.3 is 5.97 Å². The van der Waals surface area contributed by atoms with Crippen LogP contribution >= 0.6 is 11.8 Å². The molecule has 0 saturated carbocycles. The van der Waals surface area contributed by atoms with Crippen molar-refractivity contribution >= 4 is 28.8 Å². The molecule has 2 aliphatic rings. The largest absolute Gasteiger partial charge is 0.458 e. The van der Waals surface area contributed by atoms with Crippen LogP contribution in [0.5, 0.6) is 0 Å². The number of rotatable bonds is 5. The van der Waals surface area contributed by atoms with Gasteiger partial charge in [-0.1, -0.05) is 55.6 Å². The lowest BCUT2D eigenvalue weighted by Crippen LogP contribution is -2.40. The number of aliphatic imine (C=N–C) groups is 1. The van der Waals surface area contributed by atoms with Crippen molar-refractivity contribution in [3.8, 4) is 0 Å². The normalized spacial score (nSPS) is 22.2. The maximum atomic E-state index is 12.8. The van der Waals surface area contributed by atoms with E-state index in [1.807, 2.05) is 31.2 Å². The number of allylic oxidation sites excluding steroid dienone is 1. The highest BCUT2D eigenvalue weighted by atomic mass is 32.2. The van der Waals surface area contributed by atoms with Crippen molar-refractivity contribution in [1.29, 1.82) is 0 Å². The third-order valence-electron chi connectivity index (χ3n) is 4.51. The predicted molar refractivity (Wildman–Crippen MR) is 104 cm³/mol.